The summed E-state index contributed by atoms with van der Waals surface area (Å²) in [6, 6.07) is 10.7. The lowest BCUT2D eigenvalue weighted by Gasteiger charge is -2.44. The number of halogens is 1. The van der Waals surface area contributed by atoms with Gasteiger partial charge in [0.1, 0.15) is 0 Å². The number of piperazine rings is 1. The molecule has 2 heterocycles. The number of benzene rings is 2. The Morgan fingerprint density at radius 2 is 1.81 bits per heavy atom. The normalized spacial score (nSPS) is 24.2. The maximum absolute atomic E-state index is 13.4. The number of carbonyl (C=O) groups excluding carboxylic acids is 2. The van der Waals surface area contributed by atoms with Gasteiger partial charge in [0.05, 0.1) is 11.7 Å². The van der Waals surface area contributed by atoms with Crippen LogP contribution in [0.5, 0.6) is 0 Å². The predicted octanol–water partition coefficient (Wildman–Crippen LogP) is 2.37. The Balaban J connectivity index is 1.36. The molecular weight excluding hydrogens is 414 g/mol. The summed E-state index contributed by atoms with van der Waals surface area (Å²) < 4.78 is 0. The number of amides is 1. The van der Waals surface area contributed by atoms with Gasteiger partial charge in [-0.1, -0.05) is 29.8 Å². The summed E-state index contributed by atoms with van der Waals surface area (Å²) in [6.45, 7) is 4.72. The van der Waals surface area contributed by atoms with Crippen molar-refractivity contribution < 1.29 is 14.7 Å². The smallest absolute Gasteiger partial charge is 0.254 e. The maximum Gasteiger partial charge on any atom is 0.254 e. The minimum Gasteiger partial charge on any atom is -0.390 e. The van der Waals surface area contributed by atoms with Gasteiger partial charge >= 0.3 is 0 Å². The first-order valence-corrected chi connectivity index (χ1v) is 11.2. The van der Waals surface area contributed by atoms with Crippen molar-refractivity contribution >= 4 is 23.3 Å². The van der Waals surface area contributed by atoms with E-state index in [1.807, 2.05) is 18.2 Å². The summed E-state index contributed by atoms with van der Waals surface area (Å²) in [4.78, 5) is 32.8. The van der Waals surface area contributed by atoms with Crippen molar-refractivity contribution in [1.82, 2.24) is 14.7 Å². The zero-order valence-electron chi connectivity index (χ0n) is 17.6. The van der Waals surface area contributed by atoms with E-state index in [1.165, 1.54) is 0 Å². The summed E-state index contributed by atoms with van der Waals surface area (Å²) in [5.74, 6) is -0.357. The number of nitrogens with zero attached hydrogens (tertiary/aromatic N) is 3. The predicted molar refractivity (Wildman–Crippen MR) is 120 cm³/mol. The third kappa shape index (κ3) is 3.57. The fraction of sp³-hybridized carbons (Fsp3) is 0.417. The van der Waals surface area contributed by atoms with Gasteiger partial charge in [0.15, 0.2) is 5.78 Å². The molecule has 2 atom stereocenters. The van der Waals surface area contributed by atoms with Crippen LogP contribution in [0.2, 0.25) is 5.02 Å². The SMILES string of the molecule is CN1CCN([C@@H]2CCN(C(=O)c3cccc4c3C(=O)c3cc(Cl)ccc3-4)C[C@H]2O)CC1. The molecule has 5 rings (SSSR count). The first kappa shape index (κ1) is 20.6. The van der Waals surface area contributed by atoms with Crippen LogP contribution in [0.15, 0.2) is 36.4 Å². The Hall–Kier alpha value is -2.25. The molecule has 0 bridgehead atoms. The van der Waals surface area contributed by atoms with Crippen LogP contribution in [0.25, 0.3) is 11.1 Å². The molecule has 2 aromatic carbocycles. The summed E-state index contributed by atoms with van der Waals surface area (Å²) in [7, 11) is 2.11. The van der Waals surface area contributed by atoms with Gasteiger partial charge in [-0.25, -0.2) is 0 Å². The third-order valence-corrected chi connectivity index (χ3v) is 7.11. The van der Waals surface area contributed by atoms with E-state index in [0.717, 1.165) is 43.7 Å². The number of β-amino-alcohol motifs (C(OH)–C–C–N with tert-alkyl or cyclic N) is 1. The molecule has 1 N–H and O–H groups in total. The summed E-state index contributed by atoms with van der Waals surface area (Å²) in [6.07, 6.45) is 0.139. The number of ketones is 1. The fourth-order valence-electron chi connectivity index (χ4n) is 5.13. The minimum atomic E-state index is -0.593. The minimum absolute atomic E-state index is 0.0762. The number of hydrogen-bond acceptors (Lipinski definition) is 5. The molecule has 2 aliphatic heterocycles. The Labute approximate surface area is 187 Å². The lowest BCUT2D eigenvalue weighted by molar-refractivity contribution is -0.0219. The molecule has 3 aliphatic rings. The number of piperidine rings is 1. The summed E-state index contributed by atoms with van der Waals surface area (Å²) >= 11 is 6.10. The molecule has 31 heavy (non-hydrogen) atoms. The van der Waals surface area contributed by atoms with Crippen molar-refractivity contribution in [3.63, 3.8) is 0 Å². The van der Waals surface area contributed by atoms with E-state index in [9.17, 15) is 14.7 Å². The highest BCUT2D eigenvalue weighted by atomic mass is 35.5. The summed E-state index contributed by atoms with van der Waals surface area (Å²) in [5.41, 5.74) is 2.97. The average Bonchev–Trinajstić information content (AvgIpc) is 3.05. The zero-order valence-corrected chi connectivity index (χ0v) is 18.3. The Morgan fingerprint density at radius 1 is 1.03 bits per heavy atom. The van der Waals surface area contributed by atoms with Gasteiger partial charge in [0, 0.05) is 61.5 Å². The average molecular weight is 440 g/mol. The number of likely N-dealkylation sites (N-methyl/N-ethyl adjacent to an activating group) is 1. The van der Waals surface area contributed by atoms with Crippen molar-refractivity contribution in [2.24, 2.45) is 0 Å². The van der Waals surface area contributed by atoms with Gasteiger partial charge in [0.25, 0.3) is 5.91 Å². The molecule has 2 aromatic rings. The van der Waals surface area contributed by atoms with E-state index in [2.05, 4.69) is 16.8 Å². The number of carbonyl (C=O) groups is 2. The van der Waals surface area contributed by atoms with Gasteiger partial charge < -0.3 is 14.9 Å². The topological polar surface area (TPSA) is 64.1 Å². The van der Waals surface area contributed by atoms with E-state index < -0.39 is 6.10 Å². The Morgan fingerprint density at radius 3 is 2.55 bits per heavy atom. The van der Waals surface area contributed by atoms with E-state index in [-0.39, 0.29) is 24.3 Å². The molecule has 6 nitrogen and oxygen atoms in total. The number of fused-ring (bicyclic) bond motifs is 3. The van der Waals surface area contributed by atoms with E-state index in [0.29, 0.717) is 28.3 Å². The van der Waals surface area contributed by atoms with Gasteiger partial charge in [-0.3, -0.25) is 14.5 Å². The van der Waals surface area contributed by atoms with Crippen LogP contribution in [-0.2, 0) is 0 Å². The molecule has 162 valence electrons. The molecule has 0 radical (unpaired) electrons. The van der Waals surface area contributed by atoms with Crippen LogP contribution in [0, 0.1) is 0 Å². The van der Waals surface area contributed by atoms with Gasteiger partial charge in [0.2, 0.25) is 0 Å². The first-order chi connectivity index (χ1) is 14.9. The van der Waals surface area contributed by atoms with Crippen molar-refractivity contribution in [1.29, 1.82) is 0 Å². The van der Waals surface area contributed by atoms with Crippen molar-refractivity contribution in [2.45, 2.75) is 18.6 Å². The van der Waals surface area contributed by atoms with E-state index in [1.54, 1.807) is 23.1 Å². The van der Waals surface area contributed by atoms with Crippen molar-refractivity contribution in [2.75, 3.05) is 46.3 Å². The van der Waals surface area contributed by atoms with Crippen LogP contribution in [0.4, 0.5) is 0 Å². The van der Waals surface area contributed by atoms with E-state index >= 15 is 0 Å². The molecule has 0 aromatic heterocycles. The standard InChI is InChI=1S/C24H26ClN3O3/c1-26-9-11-27(12-10-26)20-7-8-28(14-21(20)29)24(31)18-4-2-3-17-16-6-5-15(25)13-19(16)23(30)22(17)18/h2-6,13,20-21,29H,7-12,14H2,1H3/t20-,21-/m1/s1. The molecule has 1 aliphatic carbocycles. The van der Waals surface area contributed by atoms with Crippen molar-refractivity contribution in [3.05, 3.63) is 58.1 Å². The molecular formula is C24H26ClN3O3. The van der Waals surface area contributed by atoms with Crippen LogP contribution in [0.1, 0.15) is 32.7 Å². The molecule has 2 fully saturated rings. The lowest BCUT2D eigenvalue weighted by atomic mass is 9.96. The molecule has 1 amide bonds. The Kier molecular flexibility index (Phi) is 5.34. The van der Waals surface area contributed by atoms with E-state index in [4.69, 9.17) is 11.6 Å². The van der Waals surface area contributed by atoms with Crippen LogP contribution < -0.4 is 0 Å². The third-order valence-electron chi connectivity index (χ3n) is 6.88. The molecule has 0 spiro atoms. The monoisotopic (exact) mass is 439 g/mol. The number of rotatable bonds is 2. The lowest BCUT2D eigenvalue weighted by Crippen LogP contribution is -2.59. The Bertz CT molecular complexity index is 1050. The van der Waals surface area contributed by atoms with Crippen molar-refractivity contribution in [3.8, 4) is 11.1 Å². The largest absolute Gasteiger partial charge is 0.390 e. The molecule has 0 saturated carbocycles. The highest BCUT2D eigenvalue weighted by Crippen LogP contribution is 2.39. The molecule has 0 unspecified atom stereocenters. The van der Waals surface area contributed by atoms with Gasteiger partial charge in [-0.05, 0) is 42.8 Å². The second-order valence-electron chi connectivity index (χ2n) is 8.76. The highest BCUT2D eigenvalue weighted by Gasteiger charge is 2.37. The maximum atomic E-state index is 13.4. The molecule has 7 heteroatoms. The quantitative estimate of drug-likeness (QED) is 0.664. The number of likely N-dealkylation sites (tertiary alicyclic amines) is 1. The number of aliphatic hydroxyl groups excluding tert-OH is 1. The zero-order chi connectivity index (χ0) is 21.7. The second kappa shape index (κ2) is 8.02. The fourth-order valence-corrected chi connectivity index (χ4v) is 5.30. The van der Waals surface area contributed by atoms with Crippen LogP contribution >= 0.6 is 11.6 Å². The highest BCUT2D eigenvalue weighted by molar-refractivity contribution is 6.32. The first-order valence-electron chi connectivity index (χ1n) is 10.8. The van der Waals surface area contributed by atoms with Crippen LogP contribution in [-0.4, -0.2) is 90.0 Å². The van der Waals surface area contributed by atoms with Gasteiger partial charge in [-0.2, -0.15) is 0 Å². The van der Waals surface area contributed by atoms with Gasteiger partial charge in [-0.15, -0.1) is 0 Å². The van der Waals surface area contributed by atoms with Crippen LogP contribution in [0.3, 0.4) is 0 Å². The number of hydrogen-bond donors (Lipinski definition) is 1. The number of aliphatic hydroxyl groups is 1. The second-order valence-corrected chi connectivity index (χ2v) is 9.20. The molecule has 2 saturated heterocycles. The summed E-state index contributed by atoms with van der Waals surface area (Å²) in [5, 5.41) is 11.3.